The molecule has 0 saturated carbocycles. The minimum absolute atomic E-state index is 0.292. The molecule has 0 aliphatic heterocycles. The average Bonchev–Trinajstić information content (AvgIpc) is 2.63. The summed E-state index contributed by atoms with van der Waals surface area (Å²) in [6.45, 7) is 15.1. The summed E-state index contributed by atoms with van der Waals surface area (Å²) in [6, 6.07) is 21.4. The van der Waals surface area contributed by atoms with Gasteiger partial charge in [0.15, 0.2) is 0 Å². The number of aryl methyl sites for hydroxylation is 3. The van der Waals surface area contributed by atoms with Crippen molar-refractivity contribution in [1.82, 2.24) is 0 Å². The lowest BCUT2D eigenvalue weighted by atomic mass is 9.71. The van der Waals surface area contributed by atoms with Gasteiger partial charge in [-0.25, -0.2) is 0 Å². The van der Waals surface area contributed by atoms with E-state index in [1.165, 1.54) is 27.8 Å². The first-order valence-corrected chi connectivity index (χ1v) is 10.0. The number of hydrogen-bond acceptors (Lipinski definition) is 1. The molecule has 3 aromatic rings. The predicted octanol–water partition coefficient (Wildman–Crippen LogP) is 6.97. The zero-order valence-corrected chi connectivity index (χ0v) is 18.2. The molecule has 146 valence electrons. The fraction of sp³-hybridized carbons (Fsp3) is 0.333. The molecule has 0 aliphatic carbocycles. The molecule has 0 unspecified atom stereocenters. The van der Waals surface area contributed by atoms with Gasteiger partial charge in [-0.05, 0) is 31.9 Å². The summed E-state index contributed by atoms with van der Waals surface area (Å²) in [5.41, 5.74) is 7.45. The molecule has 0 spiro atoms. The summed E-state index contributed by atoms with van der Waals surface area (Å²) >= 11 is 0. The molecule has 0 atom stereocenters. The van der Waals surface area contributed by atoms with Gasteiger partial charge in [0.2, 0.25) is 0 Å². The topological polar surface area (TPSA) is 20.2 Å². The van der Waals surface area contributed by atoms with Crippen LogP contribution in [0, 0.1) is 20.8 Å². The molecule has 0 heterocycles. The summed E-state index contributed by atoms with van der Waals surface area (Å²) in [6.07, 6.45) is 0. The minimum Gasteiger partial charge on any atom is -0.507 e. The maximum atomic E-state index is 11.4. The first-order chi connectivity index (χ1) is 13.0. The van der Waals surface area contributed by atoms with Crippen molar-refractivity contribution in [3.05, 3.63) is 99.6 Å². The van der Waals surface area contributed by atoms with E-state index < -0.39 is 0 Å². The number of rotatable bonds is 4. The van der Waals surface area contributed by atoms with E-state index in [2.05, 4.69) is 109 Å². The van der Waals surface area contributed by atoms with Crippen molar-refractivity contribution >= 4 is 0 Å². The predicted molar refractivity (Wildman–Crippen MR) is 119 cm³/mol. The Morgan fingerprint density at radius 2 is 0.964 bits per heavy atom. The van der Waals surface area contributed by atoms with E-state index in [0.717, 1.165) is 11.1 Å². The van der Waals surface area contributed by atoms with Crippen LogP contribution in [-0.2, 0) is 10.8 Å². The lowest BCUT2D eigenvalue weighted by Crippen LogP contribution is -2.24. The molecule has 0 fully saturated rings. The second kappa shape index (κ2) is 7.13. The van der Waals surface area contributed by atoms with Gasteiger partial charge in [0.1, 0.15) is 5.75 Å². The monoisotopic (exact) mass is 372 g/mol. The number of hydrogen-bond donors (Lipinski definition) is 1. The quantitative estimate of drug-likeness (QED) is 0.524. The third kappa shape index (κ3) is 3.58. The summed E-state index contributed by atoms with van der Waals surface area (Å²) in [5.74, 6) is 0.406. The summed E-state index contributed by atoms with van der Waals surface area (Å²) in [5, 5.41) is 11.4. The molecule has 0 bridgehead atoms. The highest BCUT2D eigenvalue weighted by Crippen LogP contribution is 2.45. The van der Waals surface area contributed by atoms with Gasteiger partial charge in [-0.1, -0.05) is 105 Å². The summed E-state index contributed by atoms with van der Waals surface area (Å²) in [4.78, 5) is 0. The van der Waals surface area contributed by atoms with E-state index in [9.17, 15) is 5.11 Å². The molecule has 3 rings (SSSR count). The van der Waals surface area contributed by atoms with Crippen molar-refractivity contribution < 1.29 is 5.11 Å². The second-order valence-electron chi connectivity index (χ2n) is 9.20. The van der Waals surface area contributed by atoms with Crippen molar-refractivity contribution in [2.75, 3.05) is 0 Å². The fourth-order valence-electron chi connectivity index (χ4n) is 4.11. The van der Waals surface area contributed by atoms with Gasteiger partial charge >= 0.3 is 0 Å². The first-order valence-electron chi connectivity index (χ1n) is 10.0. The van der Waals surface area contributed by atoms with Crippen molar-refractivity contribution in [2.45, 2.75) is 59.3 Å². The molecule has 28 heavy (non-hydrogen) atoms. The van der Waals surface area contributed by atoms with Crippen LogP contribution in [0.5, 0.6) is 5.75 Å². The molecular weight excluding hydrogens is 340 g/mol. The van der Waals surface area contributed by atoms with Crippen LogP contribution < -0.4 is 0 Å². The lowest BCUT2D eigenvalue weighted by molar-refractivity contribution is 0.433. The van der Waals surface area contributed by atoms with Crippen molar-refractivity contribution in [1.29, 1.82) is 0 Å². The van der Waals surface area contributed by atoms with Gasteiger partial charge in [-0.15, -0.1) is 0 Å². The SMILES string of the molecule is Cc1cccc(C(C)(C)c2cc(C)cc(C(C)(C)c3cccc(C)c3)c2O)c1. The van der Waals surface area contributed by atoms with Gasteiger partial charge in [0, 0.05) is 22.0 Å². The van der Waals surface area contributed by atoms with Crippen LogP contribution in [-0.4, -0.2) is 5.11 Å². The molecule has 1 nitrogen and oxygen atoms in total. The number of aromatic hydroxyl groups is 1. The van der Waals surface area contributed by atoms with E-state index in [4.69, 9.17) is 0 Å². The van der Waals surface area contributed by atoms with Gasteiger partial charge in [-0.3, -0.25) is 0 Å². The van der Waals surface area contributed by atoms with E-state index in [-0.39, 0.29) is 10.8 Å². The fourth-order valence-corrected chi connectivity index (χ4v) is 4.11. The summed E-state index contributed by atoms with van der Waals surface area (Å²) in [7, 11) is 0. The zero-order valence-electron chi connectivity index (χ0n) is 18.2. The van der Waals surface area contributed by atoms with Gasteiger partial charge in [0.05, 0.1) is 0 Å². The Labute approximate surface area is 170 Å². The Balaban J connectivity index is 2.20. The minimum atomic E-state index is -0.292. The zero-order chi connectivity index (χ0) is 20.7. The Morgan fingerprint density at radius 3 is 1.32 bits per heavy atom. The number of phenolic OH excluding ortho intramolecular Hbond substituents is 1. The van der Waals surface area contributed by atoms with E-state index in [1.807, 2.05) is 0 Å². The van der Waals surface area contributed by atoms with Gasteiger partial charge in [0.25, 0.3) is 0 Å². The maximum Gasteiger partial charge on any atom is 0.123 e. The molecule has 0 aromatic heterocycles. The van der Waals surface area contributed by atoms with Crippen LogP contribution in [0.2, 0.25) is 0 Å². The standard InChI is InChI=1S/C27H32O/c1-18-10-8-12-21(14-18)26(4,5)23-16-20(3)17-24(25(23)28)27(6,7)22-13-9-11-19(2)15-22/h8-17,28H,1-7H3. The number of phenols is 1. The largest absolute Gasteiger partial charge is 0.507 e. The average molecular weight is 373 g/mol. The summed E-state index contributed by atoms with van der Waals surface area (Å²) < 4.78 is 0. The van der Waals surface area contributed by atoms with Crippen molar-refractivity contribution in [3.63, 3.8) is 0 Å². The third-order valence-corrected chi connectivity index (χ3v) is 6.08. The molecule has 1 heteroatoms. The highest BCUT2D eigenvalue weighted by molar-refractivity contribution is 5.56. The maximum absolute atomic E-state index is 11.4. The third-order valence-electron chi connectivity index (χ3n) is 6.08. The van der Waals surface area contributed by atoms with Crippen molar-refractivity contribution in [2.24, 2.45) is 0 Å². The first kappa shape index (κ1) is 20.2. The lowest BCUT2D eigenvalue weighted by Gasteiger charge is -2.33. The van der Waals surface area contributed by atoms with Crippen LogP contribution >= 0.6 is 0 Å². The van der Waals surface area contributed by atoms with E-state index in [0.29, 0.717) is 5.75 Å². The van der Waals surface area contributed by atoms with Crippen LogP contribution in [0.1, 0.15) is 66.6 Å². The Bertz CT molecular complexity index is 930. The van der Waals surface area contributed by atoms with E-state index in [1.54, 1.807) is 0 Å². The smallest absolute Gasteiger partial charge is 0.123 e. The molecule has 0 radical (unpaired) electrons. The highest BCUT2D eigenvalue weighted by Gasteiger charge is 2.33. The van der Waals surface area contributed by atoms with E-state index >= 15 is 0 Å². The van der Waals surface area contributed by atoms with Crippen molar-refractivity contribution in [3.8, 4) is 5.75 Å². The number of benzene rings is 3. The molecule has 0 aliphatic rings. The molecule has 3 aromatic carbocycles. The van der Waals surface area contributed by atoms with Crippen LogP contribution in [0.3, 0.4) is 0 Å². The molecule has 0 amide bonds. The van der Waals surface area contributed by atoms with Gasteiger partial charge < -0.3 is 5.11 Å². The Morgan fingerprint density at radius 1 is 0.571 bits per heavy atom. The molecular formula is C27H32O. The normalized spacial score (nSPS) is 12.2. The van der Waals surface area contributed by atoms with Crippen LogP contribution in [0.25, 0.3) is 0 Å². The second-order valence-corrected chi connectivity index (χ2v) is 9.20. The molecule has 0 saturated heterocycles. The van der Waals surface area contributed by atoms with Gasteiger partial charge in [-0.2, -0.15) is 0 Å². The molecule has 1 N–H and O–H groups in total. The van der Waals surface area contributed by atoms with Crippen LogP contribution in [0.15, 0.2) is 60.7 Å². The highest BCUT2D eigenvalue weighted by atomic mass is 16.3. The Kier molecular flexibility index (Phi) is 5.14. The van der Waals surface area contributed by atoms with Crippen LogP contribution in [0.4, 0.5) is 0 Å². The Hall–Kier alpha value is -2.54.